The van der Waals surface area contributed by atoms with Crippen molar-refractivity contribution < 1.29 is 18.3 Å². The van der Waals surface area contributed by atoms with E-state index in [1.807, 2.05) is 20.8 Å². The van der Waals surface area contributed by atoms with E-state index in [2.05, 4.69) is 4.72 Å². The van der Waals surface area contributed by atoms with Crippen LogP contribution in [0.4, 0.5) is 0 Å². The van der Waals surface area contributed by atoms with E-state index in [1.54, 1.807) is 12.1 Å². The zero-order valence-corrected chi connectivity index (χ0v) is 13.3. The van der Waals surface area contributed by atoms with E-state index in [4.69, 9.17) is 5.11 Å². The maximum Gasteiger partial charge on any atom is 0.328 e. The number of carboxylic acids is 1. The highest BCUT2D eigenvalue weighted by atomic mass is 32.2. The molecule has 21 heavy (non-hydrogen) atoms. The van der Waals surface area contributed by atoms with Crippen LogP contribution in [0.1, 0.15) is 32.8 Å². The van der Waals surface area contributed by atoms with Gasteiger partial charge in [-0.3, -0.25) is 0 Å². The number of carboxylic acid groups (broad SMARTS) is 1. The molecule has 5 nitrogen and oxygen atoms in total. The van der Waals surface area contributed by atoms with Gasteiger partial charge < -0.3 is 5.11 Å². The zero-order valence-electron chi connectivity index (χ0n) is 12.5. The molecule has 6 heteroatoms. The van der Waals surface area contributed by atoms with Gasteiger partial charge in [-0.05, 0) is 35.6 Å². The van der Waals surface area contributed by atoms with Crippen molar-refractivity contribution in [3.8, 4) is 0 Å². The predicted octanol–water partition coefficient (Wildman–Crippen LogP) is 2.50. The molecule has 0 aliphatic heterocycles. The third-order valence-corrected chi connectivity index (χ3v) is 4.72. The maximum absolute atomic E-state index is 12.1. The van der Waals surface area contributed by atoms with Gasteiger partial charge in [0.25, 0.3) is 0 Å². The summed E-state index contributed by atoms with van der Waals surface area (Å²) in [5.74, 6) is -1.05. The first-order valence-corrected chi connectivity index (χ1v) is 8.15. The predicted molar refractivity (Wildman–Crippen MR) is 82.4 cm³/mol. The van der Waals surface area contributed by atoms with Crippen molar-refractivity contribution in [1.29, 1.82) is 0 Å². The first-order chi connectivity index (χ1) is 9.66. The van der Waals surface area contributed by atoms with Crippen LogP contribution < -0.4 is 4.72 Å². The molecule has 0 saturated carbocycles. The van der Waals surface area contributed by atoms with Crippen molar-refractivity contribution in [2.45, 2.75) is 32.1 Å². The molecule has 0 spiro atoms. The van der Waals surface area contributed by atoms with Crippen molar-refractivity contribution in [2.75, 3.05) is 6.54 Å². The monoisotopic (exact) mass is 311 g/mol. The molecule has 0 fully saturated rings. The summed E-state index contributed by atoms with van der Waals surface area (Å²) in [6, 6.07) is 6.06. The molecule has 0 unspecified atom stereocenters. The molecule has 0 amide bonds. The van der Waals surface area contributed by atoms with E-state index in [1.165, 1.54) is 18.2 Å². The lowest BCUT2D eigenvalue weighted by molar-refractivity contribution is -0.131. The molecule has 0 radical (unpaired) electrons. The van der Waals surface area contributed by atoms with E-state index in [0.717, 1.165) is 12.5 Å². The summed E-state index contributed by atoms with van der Waals surface area (Å²) in [4.78, 5) is 10.6. The summed E-state index contributed by atoms with van der Waals surface area (Å²) < 4.78 is 26.9. The smallest absolute Gasteiger partial charge is 0.328 e. The number of sulfonamides is 1. The lowest BCUT2D eigenvalue weighted by atomic mass is 9.91. The van der Waals surface area contributed by atoms with Crippen molar-refractivity contribution in [3.05, 3.63) is 35.9 Å². The number of rotatable bonds is 7. The van der Waals surface area contributed by atoms with Crippen LogP contribution in [0.15, 0.2) is 35.2 Å². The second-order valence-electron chi connectivity index (χ2n) is 5.58. The van der Waals surface area contributed by atoms with Gasteiger partial charge in [-0.2, -0.15) is 0 Å². The standard InChI is InChI=1S/C15H21NO4S/c1-4-15(2,3)11-16-21(19,20)13-8-5-12(6-9-13)7-10-14(17)18/h5-10,16H,4,11H2,1-3H3,(H,17,18)/b10-7+. The number of benzene rings is 1. The van der Waals surface area contributed by atoms with Gasteiger partial charge in [0.05, 0.1) is 4.90 Å². The van der Waals surface area contributed by atoms with Crippen molar-refractivity contribution >= 4 is 22.1 Å². The van der Waals surface area contributed by atoms with E-state index in [0.29, 0.717) is 12.1 Å². The highest BCUT2D eigenvalue weighted by Gasteiger charge is 2.20. The molecular weight excluding hydrogens is 290 g/mol. The highest BCUT2D eigenvalue weighted by Crippen LogP contribution is 2.19. The van der Waals surface area contributed by atoms with Crippen LogP contribution in [-0.4, -0.2) is 26.0 Å². The minimum Gasteiger partial charge on any atom is -0.478 e. The van der Waals surface area contributed by atoms with Gasteiger partial charge in [-0.15, -0.1) is 0 Å². The van der Waals surface area contributed by atoms with Crippen LogP contribution in [0.3, 0.4) is 0 Å². The maximum atomic E-state index is 12.1. The van der Waals surface area contributed by atoms with E-state index >= 15 is 0 Å². The summed E-state index contributed by atoms with van der Waals surface area (Å²) in [5.41, 5.74) is 0.530. The van der Waals surface area contributed by atoms with Gasteiger partial charge in [-0.25, -0.2) is 17.9 Å². The molecule has 0 saturated heterocycles. The summed E-state index contributed by atoms with van der Waals surface area (Å²) in [7, 11) is -3.54. The molecule has 1 rings (SSSR count). The van der Waals surface area contributed by atoms with Gasteiger partial charge >= 0.3 is 5.97 Å². The van der Waals surface area contributed by atoms with Crippen molar-refractivity contribution in [3.63, 3.8) is 0 Å². The van der Waals surface area contributed by atoms with Crippen molar-refractivity contribution in [2.24, 2.45) is 5.41 Å². The van der Waals surface area contributed by atoms with E-state index in [9.17, 15) is 13.2 Å². The minimum atomic E-state index is -3.54. The van der Waals surface area contributed by atoms with Gasteiger partial charge in [0, 0.05) is 12.6 Å². The van der Waals surface area contributed by atoms with Crippen LogP contribution in [0.25, 0.3) is 6.08 Å². The summed E-state index contributed by atoms with van der Waals surface area (Å²) in [5, 5.41) is 8.54. The average molecular weight is 311 g/mol. The molecule has 0 aliphatic carbocycles. The van der Waals surface area contributed by atoms with Crippen molar-refractivity contribution in [1.82, 2.24) is 4.72 Å². The van der Waals surface area contributed by atoms with Gasteiger partial charge in [0.2, 0.25) is 10.0 Å². The molecule has 1 aromatic carbocycles. The first-order valence-electron chi connectivity index (χ1n) is 6.67. The Labute approximate surface area is 125 Å². The molecule has 0 aliphatic rings. The normalized spacial score (nSPS) is 12.7. The van der Waals surface area contributed by atoms with Crippen LogP contribution >= 0.6 is 0 Å². The SMILES string of the molecule is CCC(C)(C)CNS(=O)(=O)c1ccc(/C=C/C(=O)O)cc1. The number of hydrogen-bond acceptors (Lipinski definition) is 3. The second-order valence-corrected chi connectivity index (χ2v) is 7.35. The average Bonchev–Trinajstić information content (AvgIpc) is 2.44. The second kappa shape index (κ2) is 6.87. The number of nitrogens with one attached hydrogen (secondary N) is 1. The Balaban J connectivity index is 2.83. The Morgan fingerprint density at radius 2 is 1.86 bits per heavy atom. The topological polar surface area (TPSA) is 83.5 Å². The fraction of sp³-hybridized carbons (Fsp3) is 0.400. The molecule has 1 aromatic rings. The molecule has 116 valence electrons. The Hall–Kier alpha value is -1.66. The summed E-state index contributed by atoms with van der Waals surface area (Å²) in [6.45, 7) is 6.37. The highest BCUT2D eigenvalue weighted by molar-refractivity contribution is 7.89. The Kier molecular flexibility index (Phi) is 5.69. The lowest BCUT2D eigenvalue weighted by Crippen LogP contribution is -2.33. The fourth-order valence-corrected chi connectivity index (χ4v) is 2.67. The van der Waals surface area contributed by atoms with Gasteiger partial charge in [0.15, 0.2) is 0 Å². The third-order valence-electron chi connectivity index (χ3n) is 3.31. The molecule has 0 bridgehead atoms. The van der Waals surface area contributed by atoms with Crippen LogP contribution in [0.2, 0.25) is 0 Å². The quantitative estimate of drug-likeness (QED) is 0.758. The molecule has 0 atom stereocenters. The minimum absolute atomic E-state index is 0.1000. The Morgan fingerprint density at radius 3 is 2.33 bits per heavy atom. The molecular formula is C15H21NO4S. The van der Waals surface area contributed by atoms with Crippen LogP contribution in [0.5, 0.6) is 0 Å². The van der Waals surface area contributed by atoms with Crippen LogP contribution in [-0.2, 0) is 14.8 Å². The summed E-state index contributed by atoms with van der Waals surface area (Å²) in [6.07, 6.45) is 3.28. The number of aliphatic carboxylic acids is 1. The Bertz CT molecular complexity index is 616. The molecule has 0 aromatic heterocycles. The molecule has 2 N–H and O–H groups in total. The third kappa shape index (κ3) is 5.69. The fourth-order valence-electron chi connectivity index (χ4n) is 1.42. The van der Waals surface area contributed by atoms with Crippen LogP contribution in [0, 0.1) is 5.41 Å². The zero-order chi connectivity index (χ0) is 16.1. The van der Waals surface area contributed by atoms with E-state index in [-0.39, 0.29) is 10.3 Å². The van der Waals surface area contributed by atoms with E-state index < -0.39 is 16.0 Å². The largest absolute Gasteiger partial charge is 0.478 e. The lowest BCUT2D eigenvalue weighted by Gasteiger charge is -2.22. The molecule has 0 heterocycles. The number of hydrogen-bond donors (Lipinski definition) is 2. The van der Waals surface area contributed by atoms with Gasteiger partial charge in [-0.1, -0.05) is 32.9 Å². The Morgan fingerprint density at radius 1 is 1.29 bits per heavy atom. The first kappa shape index (κ1) is 17.4. The van der Waals surface area contributed by atoms with Gasteiger partial charge in [0.1, 0.15) is 0 Å². The summed E-state index contributed by atoms with van der Waals surface area (Å²) >= 11 is 0. The number of carbonyl (C=O) groups is 1.